The molecule has 1 unspecified atom stereocenters. The van der Waals surface area contributed by atoms with E-state index < -0.39 is 26.9 Å². The maximum atomic E-state index is 13.1. The summed E-state index contributed by atoms with van der Waals surface area (Å²) in [6.45, 7) is 3.35. The van der Waals surface area contributed by atoms with Gasteiger partial charge < -0.3 is 20.5 Å². The van der Waals surface area contributed by atoms with E-state index in [1.165, 1.54) is 25.3 Å². The highest BCUT2D eigenvalue weighted by molar-refractivity contribution is 7.92. The quantitative estimate of drug-likeness (QED) is 0.369. The number of hydrogen-bond donors (Lipinski definition) is 3. The minimum absolute atomic E-state index is 0.00218. The second-order valence-electron chi connectivity index (χ2n) is 7.75. The van der Waals surface area contributed by atoms with Crippen molar-refractivity contribution in [3.05, 3.63) is 76.8 Å². The van der Waals surface area contributed by atoms with Crippen LogP contribution in [0.25, 0.3) is 0 Å². The summed E-state index contributed by atoms with van der Waals surface area (Å²) in [5.74, 6) is -1.36. The monoisotopic (exact) mass is 516 g/mol. The molecule has 3 aromatic carbocycles. The molecular formula is C25H25ClN2O6S. The molecular weight excluding hydrogens is 492 g/mol. The number of para-hydroxylation sites is 1. The van der Waals surface area contributed by atoms with E-state index in [1.807, 2.05) is 0 Å². The summed E-state index contributed by atoms with van der Waals surface area (Å²) >= 11 is 6.28. The number of halogens is 1. The molecule has 1 atom stereocenters. The van der Waals surface area contributed by atoms with E-state index in [4.69, 9.17) is 16.3 Å². The third-order valence-electron chi connectivity index (χ3n) is 5.30. The third kappa shape index (κ3) is 5.75. The fourth-order valence-corrected chi connectivity index (χ4v) is 5.43. The van der Waals surface area contributed by atoms with E-state index in [-0.39, 0.29) is 39.0 Å². The average Bonchev–Trinajstić information content (AvgIpc) is 2.82. The predicted molar refractivity (Wildman–Crippen MR) is 135 cm³/mol. The highest BCUT2D eigenvalue weighted by Gasteiger charge is 2.33. The van der Waals surface area contributed by atoms with Gasteiger partial charge in [-0.25, -0.2) is 8.42 Å². The predicted octanol–water partition coefficient (Wildman–Crippen LogP) is 4.81. The highest BCUT2D eigenvalue weighted by Crippen LogP contribution is 2.35. The van der Waals surface area contributed by atoms with Crippen LogP contribution in [-0.4, -0.2) is 37.7 Å². The van der Waals surface area contributed by atoms with Crippen LogP contribution in [0.3, 0.4) is 0 Å². The standard InChI is InChI=1S/C25H25ClN2O6S/c1-4-23(35(32,33)16-9-7-8-15(2)12-16)25(31)27-19-14-21(29)20(13-18(19)26)28-24(30)17-10-5-6-11-22(17)34-3/h5-14,23,29H,4H2,1-3H3,(H,27,31)(H,28,30). The first kappa shape index (κ1) is 26.1. The van der Waals surface area contributed by atoms with Crippen molar-refractivity contribution >= 4 is 44.6 Å². The zero-order chi connectivity index (χ0) is 25.8. The molecule has 0 aliphatic carbocycles. The van der Waals surface area contributed by atoms with Gasteiger partial charge >= 0.3 is 0 Å². The molecule has 0 heterocycles. The van der Waals surface area contributed by atoms with Crippen molar-refractivity contribution < 1.29 is 27.9 Å². The molecule has 2 amide bonds. The van der Waals surface area contributed by atoms with Crippen molar-refractivity contribution in [2.75, 3.05) is 17.7 Å². The Balaban J connectivity index is 1.82. The summed E-state index contributed by atoms with van der Waals surface area (Å²) in [7, 11) is -2.53. The van der Waals surface area contributed by atoms with Gasteiger partial charge in [-0.05, 0) is 49.2 Å². The van der Waals surface area contributed by atoms with Crippen molar-refractivity contribution in [1.82, 2.24) is 0 Å². The van der Waals surface area contributed by atoms with Crippen LogP contribution >= 0.6 is 11.6 Å². The van der Waals surface area contributed by atoms with Crippen molar-refractivity contribution in [3.8, 4) is 11.5 Å². The maximum absolute atomic E-state index is 13.1. The van der Waals surface area contributed by atoms with Crippen LogP contribution in [0, 0.1) is 6.92 Å². The molecule has 3 aromatic rings. The smallest absolute Gasteiger partial charge is 0.259 e. The number of carbonyl (C=O) groups is 2. The normalized spacial score (nSPS) is 12.0. The Morgan fingerprint density at radius 2 is 1.74 bits per heavy atom. The molecule has 0 aromatic heterocycles. The number of phenolic OH excluding ortho intramolecular Hbond substituents is 1. The van der Waals surface area contributed by atoms with Gasteiger partial charge in [0.25, 0.3) is 5.91 Å². The number of ether oxygens (including phenoxy) is 1. The van der Waals surface area contributed by atoms with Crippen LogP contribution in [-0.2, 0) is 14.6 Å². The van der Waals surface area contributed by atoms with Gasteiger partial charge in [0.15, 0.2) is 9.84 Å². The second kappa shape index (κ2) is 10.8. The van der Waals surface area contributed by atoms with Gasteiger partial charge in [-0.2, -0.15) is 0 Å². The Morgan fingerprint density at radius 1 is 1.03 bits per heavy atom. The van der Waals surface area contributed by atoms with E-state index >= 15 is 0 Å². The van der Waals surface area contributed by atoms with Gasteiger partial charge in [0.05, 0.1) is 34.0 Å². The lowest BCUT2D eigenvalue weighted by molar-refractivity contribution is -0.115. The zero-order valence-electron chi connectivity index (χ0n) is 19.3. The van der Waals surface area contributed by atoms with Crippen LogP contribution in [0.5, 0.6) is 11.5 Å². The summed E-state index contributed by atoms with van der Waals surface area (Å²) in [5.41, 5.74) is 1.00. The van der Waals surface area contributed by atoms with Crippen LogP contribution < -0.4 is 15.4 Å². The number of anilines is 2. The van der Waals surface area contributed by atoms with Crippen molar-refractivity contribution in [1.29, 1.82) is 0 Å². The molecule has 8 nitrogen and oxygen atoms in total. The van der Waals surface area contributed by atoms with Crippen molar-refractivity contribution in [3.63, 3.8) is 0 Å². The molecule has 0 radical (unpaired) electrons. The molecule has 0 saturated carbocycles. The molecule has 10 heteroatoms. The van der Waals surface area contributed by atoms with E-state index in [1.54, 1.807) is 50.2 Å². The molecule has 0 fully saturated rings. The van der Waals surface area contributed by atoms with Crippen molar-refractivity contribution in [2.24, 2.45) is 0 Å². The number of aryl methyl sites for hydroxylation is 1. The second-order valence-corrected chi connectivity index (χ2v) is 10.3. The van der Waals surface area contributed by atoms with Gasteiger partial charge in [0.2, 0.25) is 5.91 Å². The molecule has 0 saturated heterocycles. The fourth-order valence-electron chi connectivity index (χ4n) is 3.50. The first-order chi connectivity index (χ1) is 16.6. The minimum atomic E-state index is -3.96. The summed E-state index contributed by atoms with van der Waals surface area (Å²) in [6.07, 6.45) is 0.0265. The van der Waals surface area contributed by atoms with Crippen molar-refractivity contribution in [2.45, 2.75) is 30.4 Å². The van der Waals surface area contributed by atoms with Gasteiger partial charge in [-0.15, -0.1) is 0 Å². The van der Waals surface area contributed by atoms with E-state index in [2.05, 4.69) is 10.6 Å². The Bertz CT molecular complexity index is 1370. The van der Waals surface area contributed by atoms with Crippen LogP contribution in [0.15, 0.2) is 65.6 Å². The van der Waals surface area contributed by atoms with Crippen LogP contribution in [0.2, 0.25) is 5.02 Å². The Kier molecular flexibility index (Phi) is 8.03. The highest BCUT2D eigenvalue weighted by atomic mass is 35.5. The zero-order valence-corrected chi connectivity index (χ0v) is 20.9. The van der Waals surface area contributed by atoms with Crippen LogP contribution in [0.1, 0.15) is 29.3 Å². The largest absolute Gasteiger partial charge is 0.506 e. The lowest BCUT2D eigenvalue weighted by Gasteiger charge is -2.18. The number of sulfone groups is 1. The summed E-state index contributed by atoms with van der Waals surface area (Å²) < 4.78 is 31.3. The van der Waals surface area contributed by atoms with E-state index in [0.29, 0.717) is 5.75 Å². The number of amides is 2. The fraction of sp³-hybridized carbons (Fsp3) is 0.200. The Morgan fingerprint density at radius 3 is 2.40 bits per heavy atom. The number of aromatic hydroxyl groups is 1. The Hall–Kier alpha value is -3.56. The lowest BCUT2D eigenvalue weighted by atomic mass is 10.1. The SMILES string of the molecule is CCC(C(=O)Nc1cc(O)c(NC(=O)c2ccccc2OC)cc1Cl)S(=O)(=O)c1cccc(C)c1. The van der Waals surface area contributed by atoms with Gasteiger partial charge in [-0.1, -0.05) is 42.8 Å². The molecule has 0 aliphatic rings. The Labute approximate surface area is 208 Å². The average molecular weight is 517 g/mol. The van der Waals surface area contributed by atoms with Gasteiger partial charge in [-0.3, -0.25) is 9.59 Å². The van der Waals surface area contributed by atoms with Crippen LogP contribution in [0.4, 0.5) is 11.4 Å². The molecule has 35 heavy (non-hydrogen) atoms. The van der Waals surface area contributed by atoms with Gasteiger partial charge in [0, 0.05) is 6.07 Å². The topological polar surface area (TPSA) is 122 Å². The number of phenols is 1. The first-order valence-corrected chi connectivity index (χ1v) is 12.6. The lowest BCUT2D eigenvalue weighted by Crippen LogP contribution is -2.34. The molecule has 3 N–H and O–H groups in total. The minimum Gasteiger partial charge on any atom is -0.506 e. The molecule has 0 spiro atoms. The third-order valence-corrected chi connectivity index (χ3v) is 7.82. The summed E-state index contributed by atoms with van der Waals surface area (Å²) in [6, 6.07) is 15.3. The maximum Gasteiger partial charge on any atom is 0.259 e. The number of methoxy groups -OCH3 is 1. The van der Waals surface area contributed by atoms with E-state index in [0.717, 1.165) is 11.6 Å². The van der Waals surface area contributed by atoms with Gasteiger partial charge in [0.1, 0.15) is 16.7 Å². The number of benzene rings is 3. The summed E-state index contributed by atoms with van der Waals surface area (Å²) in [5, 5.41) is 14.1. The molecule has 0 aliphatic heterocycles. The number of hydrogen-bond acceptors (Lipinski definition) is 6. The molecule has 3 rings (SSSR count). The number of nitrogens with one attached hydrogen (secondary N) is 2. The van der Waals surface area contributed by atoms with E-state index in [9.17, 15) is 23.1 Å². The molecule has 184 valence electrons. The molecule has 0 bridgehead atoms. The number of carbonyl (C=O) groups excluding carboxylic acids is 2. The summed E-state index contributed by atoms with van der Waals surface area (Å²) in [4.78, 5) is 25.6. The first-order valence-electron chi connectivity index (χ1n) is 10.7. The number of rotatable bonds is 8.